The van der Waals surface area contributed by atoms with Crippen molar-refractivity contribution in [3.8, 4) is 0 Å². The predicted molar refractivity (Wildman–Crippen MR) is 78.0 cm³/mol. The lowest BCUT2D eigenvalue weighted by Crippen LogP contribution is -2.13. The van der Waals surface area contributed by atoms with Gasteiger partial charge in [-0.25, -0.2) is 4.68 Å². The molecule has 0 radical (unpaired) electrons. The highest BCUT2D eigenvalue weighted by Gasteiger charge is 2.25. The van der Waals surface area contributed by atoms with E-state index in [4.69, 9.17) is 4.74 Å². The molecule has 0 unspecified atom stereocenters. The molecule has 112 valence electrons. The van der Waals surface area contributed by atoms with Crippen LogP contribution in [0.4, 0.5) is 11.5 Å². The van der Waals surface area contributed by atoms with E-state index >= 15 is 0 Å². The van der Waals surface area contributed by atoms with Crippen molar-refractivity contribution in [3.05, 3.63) is 28.5 Å². The van der Waals surface area contributed by atoms with Crippen LogP contribution < -0.4 is 5.32 Å². The number of nitrogens with one attached hydrogen (secondary N) is 1. The number of anilines is 1. The van der Waals surface area contributed by atoms with Gasteiger partial charge in [0.1, 0.15) is 5.69 Å². The van der Waals surface area contributed by atoms with Crippen molar-refractivity contribution >= 4 is 11.5 Å². The van der Waals surface area contributed by atoms with Gasteiger partial charge in [-0.3, -0.25) is 10.1 Å². The second-order valence-corrected chi connectivity index (χ2v) is 4.39. The summed E-state index contributed by atoms with van der Waals surface area (Å²) >= 11 is 0. The highest BCUT2D eigenvalue weighted by atomic mass is 16.6. The van der Waals surface area contributed by atoms with E-state index in [1.165, 1.54) is 4.68 Å². The first-order chi connectivity index (χ1) is 9.61. The van der Waals surface area contributed by atoms with Gasteiger partial charge in [0.2, 0.25) is 5.82 Å². The zero-order valence-electron chi connectivity index (χ0n) is 12.1. The van der Waals surface area contributed by atoms with Crippen molar-refractivity contribution in [3.63, 3.8) is 0 Å². The van der Waals surface area contributed by atoms with E-state index in [9.17, 15) is 10.1 Å². The Bertz CT molecular complexity index is 457. The van der Waals surface area contributed by atoms with Crippen LogP contribution in [-0.2, 0) is 18.2 Å². The third kappa shape index (κ3) is 4.34. The molecule has 1 aromatic heterocycles. The van der Waals surface area contributed by atoms with Gasteiger partial charge in [0.15, 0.2) is 0 Å². The smallest absolute Gasteiger partial charge is 0.333 e. The molecule has 0 aliphatic heterocycles. The number of nitrogens with zero attached hydrogens (tertiary/aromatic N) is 3. The lowest BCUT2D eigenvalue weighted by molar-refractivity contribution is -0.384. The average Bonchev–Trinajstić information content (AvgIpc) is 2.70. The van der Waals surface area contributed by atoms with E-state index in [-0.39, 0.29) is 10.6 Å². The van der Waals surface area contributed by atoms with Crippen LogP contribution in [0, 0.1) is 10.1 Å². The predicted octanol–water partition coefficient (Wildman–Crippen LogP) is 2.29. The van der Waals surface area contributed by atoms with Gasteiger partial charge < -0.3 is 10.1 Å². The van der Waals surface area contributed by atoms with E-state index in [0.717, 1.165) is 12.8 Å². The lowest BCUT2D eigenvalue weighted by atomic mass is 10.2. The van der Waals surface area contributed by atoms with Gasteiger partial charge in [0.05, 0.1) is 18.1 Å². The van der Waals surface area contributed by atoms with Gasteiger partial charge in [0.25, 0.3) is 0 Å². The second kappa shape index (κ2) is 8.31. The van der Waals surface area contributed by atoms with Crippen molar-refractivity contribution < 1.29 is 9.66 Å². The van der Waals surface area contributed by atoms with E-state index in [1.807, 2.05) is 6.92 Å². The second-order valence-electron chi connectivity index (χ2n) is 4.39. The molecule has 0 saturated carbocycles. The Morgan fingerprint density at radius 2 is 2.30 bits per heavy atom. The quantitative estimate of drug-likeness (QED) is 0.308. The molecule has 7 heteroatoms. The van der Waals surface area contributed by atoms with E-state index in [1.54, 1.807) is 13.1 Å². The van der Waals surface area contributed by atoms with Gasteiger partial charge in [-0.05, 0) is 12.8 Å². The van der Waals surface area contributed by atoms with Gasteiger partial charge in [-0.1, -0.05) is 19.4 Å². The highest BCUT2D eigenvalue weighted by Crippen LogP contribution is 2.28. The van der Waals surface area contributed by atoms with Crippen LogP contribution in [0.2, 0.25) is 0 Å². The normalized spacial score (nSPS) is 10.5. The number of rotatable bonds is 10. The van der Waals surface area contributed by atoms with E-state index in [0.29, 0.717) is 37.7 Å². The first-order valence-electron chi connectivity index (χ1n) is 6.74. The Hall–Kier alpha value is -1.89. The molecule has 0 spiro atoms. The minimum absolute atomic E-state index is 0.0699. The lowest BCUT2D eigenvalue weighted by Gasteiger charge is -2.06. The summed E-state index contributed by atoms with van der Waals surface area (Å²) in [5.41, 5.74) is 0.593. The molecule has 1 N–H and O–H groups in total. The molecular formula is C13H22N4O3. The fourth-order valence-corrected chi connectivity index (χ4v) is 1.87. The molecule has 0 bridgehead atoms. The van der Waals surface area contributed by atoms with Crippen molar-refractivity contribution in [2.45, 2.75) is 26.2 Å². The number of ether oxygens (including phenoxy) is 1. The fourth-order valence-electron chi connectivity index (χ4n) is 1.87. The third-order valence-electron chi connectivity index (χ3n) is 2.77. The number of nitro groups is 1. The minimum atomic E-state index is -0.376. The molecule has 0 atom stereocenters. The Morgan fingerprint density at radius 1 is 1.55 bits per heavy atom. The Balaban J connectivity index is 2.64. The Labute approximate surface area is 118 Å². The first kappa shape index (κ1) is 16.2. The molecule has 1 rings (SSSR count). The number of aryl methyl sites for hydroxylation is 2. The van der Waals surface area contributed by atoms with Gasteiger partial charge in [-0.15, -0.1) is 6.58 Å². The molecule has 0 saturated heterocycles. The highest BCUT2D eigenvalue weighted by molar-refractivity contribution is 5.59. The van der Waals surface area contributed by atoms with E-state index < -0.39 is 0 Å². The summed E-state index contributed by atoms with van der Waals surface area (Å²) in [7, 11) is 1.70. The molecule has 0 aliphatic carbocycles. The molecule has 0 fully saturated rings. The molecule has 1 aromatic rings. The molecule has 0 aliphatic rings. The summed E-state index contributed by atoms with van der Waals surface area (Å²) in [5, 5.41) is 18.4. The van der Waals surface area contributed by atoms with Gasteiger partial charge in [-0.2, -0.15) is 5.10 Å². The van der Waals surface area contributed by atoms with Crippen LogP contribution in [0.1, 0.15) is 25.5 Å². The SMILES string of the molecule is C=CCCOCCNc1c([N+](=O)[O-])c(CCC)nn1C. The number of hydrogen-bond acceptors (Lipinski definition) is 5. The standard InChI is InChI=1S/C13H22N4O3/c1-4-6-9-20-10-8-14-13-12(17(18)19)11(7-5-2)15-16(13)3/h4,14H,1,5-10H2,2-3H3. The maximum atomic E-state index is 11.2. The van der Waals surface area contributed by atoms with Crippen molar-refractivity contribution in [1.29, 1.82) is 0 Å². The molecule has 7 nitrogen and oxygen atoms in total. The van der Waals surface area contributed by atoms with Crippen LogP contribution in [0.25, 0.3) is 0 Å². The fraction of sp³-hybridized carbons (Fsp3) is 0.615. The van der Waals surface area contributed by atoms with Crippen LogP contribution in [0.5, 0.6) is 0 Å². The van der Waals surface area contributed by atoms with Gasteiger partial charge in [0, 0.05) is 13.6 Å². The summed E-state index contributed by atoms with van der Waals surface area (Å²) < 4.78 is 6.88. The van der Waals surface area contributed by atoms with Crippen molar-refractivity contribution in [1.82, 2.24) is 9.78 Å². The average molecular weight is 282 g/mol. The topological polar surface area (TPSA) is 82.2 Å². The maximum Gasteiger partial charge on any atom is 0.333 e. The van der Waals surface area contributed by atoms with Crippen LogP contribution >= 0.6 is 0 Å². The number of hydrogen-bond donors (Lipinski definition) is 1. The van der Waals surface area contributed by atoms with Crippen LogP contribution in [0.3, 0.4) is 0 Å². The van der Waals surface area contributed by atoms with Crippen molar-refractivity contribution in [2.24, 2.45) is 7.05 Å². The summed E-state index contributed by atoms with van der Waals surface area (Å²) in [6, 6.07) is 0. The number of aromatic nitrogens is 2. The Kier molecular flexibility index (Phi) is 6.72. The monoisotopic (exact) mass is 282 g/mol. The third-order valence-corrected chi connectivity index (χ3v) is 2.77. The minimum Gasteiger partial charge on any atom is -0.379 e. The summed E-state index contributed by atoms with van der Waals surface area (Å²) in [6.45, 7) is 7.18. The molecule has 0 amide bonds. The van der Waals surface area contributed by atoms with Crippen LogP contribution in [0.15, 0.2) is 12.7 Å². The molecular weight excluding hydrogens is 260 g/mol. The van der Waals surface area contributed by atoms with Gasteiger partial charge >= 0.3 is 5.69 Å². The summed E-state index contributed by atoms with van der Waals surface area (Å²) in [4.78, 5) is 10.8. The molecule has 20 heavy (non-hydrogen) atoms. The summed E-state index contributed by atoms with van der Waals surface area (Å²) in [6.07, 6.45) is 4.01. The van der Waals surface area contributed by atoms with Crippen molar-refractivity contribution in [2.75, 3.05) is 25.1 Å². The zero-order valence-corrected chi connectivity index (χ0v) is 12.1. The van der Waals surface area contributed by atoms with Crippen LogP contribution in [-0.4, -0.2) is 34.5 Å². The molecule has 0 aromatic carbocycles. The summed E-state index contributed by atoms with van der Waals surface area (Å²) in [5.74, 6) is 0.436. The largest absolute Gasteiger partial charge is 0.379 e. The first-order valence-corrected chi connectivity index (χ1v) is 6.74. The zero-order chi connectivity index (χ0) is 15.0. The molecule has 1 heterocycles. The van der Waals surface area contributed by atoms with E-state index in [2.05, 4.69) is 17.0 Å². The Morgan fingerprint density at radius 3 is 2.90 bits per heavy atom. The maximum absolute atomic E-state index is 11.2.